The van der Waals surface area contributed by atoms with E-state index in [9.17, 15) is 27.2 Å². The fraction of sp³-hybridized carbons (Fsp3) is 0.357. The van der Waals surface area contributed by atoms with Crippen LogP contribution in [0, 0.1) is 0 Å². The highest BCUT2D eigenvalue weighted by atomic mass is 19.4. The predicted octanol–water partition coefficient (Wildman–Crippen LogP) is 5.32. The van der Waals surface area contributed by atoms with Crippen LogP contribution in [0.1, 0.15) is 51.1 Å². The number of aromatic nitrogens is 2. The first-order valence-electron chi connectivity index (χ1n) is 12.8. The van der Waals surface area contributed by atoms with Crippen LogP contribution in [-0.2, 0) is 12.6 Å². The van der Waals surface area contributed by atoms with Crippen molar-refractivity contribution >= 4 is 23.3 Å². The lowest BCUT2D eigenvalue weighted by atomic mass is 10.1. The summed E-state index contributed by atoms with van der Waals surface area (Å²) in [5, 5.41) is 2.74. The lowest BCUT2D eigenvalue weighted by molar-refractivity contribution is -0.139. The van der Waals surface area contributed by atoms with E-state index in [0.29, 0.717) is 24.7 Å². The van der Waals surface area contributed by atoms with E-state index in [-0.39, 0.29) is 46.5 Å². The van der Waals surface area contributed by atoms with Gasteiger partial charge in [-0.05, 0) is 62.7 Å². The largest absolute Gasteiger partial charge is 0.495 e. The second-order valence-electron chi connectivity index (χ2n) is 9.63. The van der Waals surface area contributed by atoms with Gasteiger partial charge in [0.2, 0.25) is 17.7 Å². The number of aryl methyl sites for hydroxylation is 1. The molecule has 0 spiro atoms. The van der Waals surface area contributed by atoms with Crippen molar-refractivity contribution in [2.75, 3.05) is 32.6 Å². The number of Topliss-reactive ketones (excluding diaryl/α,β-unsaturated/α-hetero) is 1. The van der Waals surface area contributed by atoms with Crippen molar-refractivity contribution in [2.45, 2.75) is 38.0 Å². The molecule has 13 heteroatoms. The number of hydrogen-bond acceptors (Lipinski definition) is 8. The molecule has 1 amide bonds. The third kappa shape index (κ3) is 7.28. The van der Waals surface area contributed by atoms with Gasteiger partial charge in [-0.3, -0.25) is 9.59 Å². The highest BCUT2D eigenvalue weighted by Gasteiger charge is 2.37. The maximum atomic E-state index is 13.6. The van der Waals surface area contributed by atoms with Gasteiger partial charge in [-0.25, -0.2) is 9.37 Å². The summed E-state index contributed by atoms with van der Waals surface area (Å²) >= 11 is 0. The highest BCUT2D eigenvalue weighted by Crippen LogP contribution is 2.40. The maximum absolute atomic E-state index is 13.6. The SMILES string of the molecule is CN1CCCC(F)C1.COc1cc(C(N)=O)ccc1Nc1ncc(C(F)(F)F)c(Oc2cccc3c2C(=O)CC3)n1. The van der Waals surface area contributed by atoms with Crippen molar-refractivity contribution < 1.29 is 36.6 Å². The van der Waals surface area contributed by atoms with Crippen LogP contribution in [0.3, 0.4) is 0 Å². The summed E-state index contributed by atoms with van der Waals surface area (Å²) in [7, 11) is 3.31. The molecule has 3 N–H and O–H groups in total. The summed E-state index contributed by atoms with van der Waals surface area (Å²) in [4.78, 5) is 33.2. The van der Waals surface area contributed by atoms with Crippen molar-refractivity contribution in [3.8, 4) is 17.4 Å². The zero-order chi connectivity index (χ0) is 29.7. The molecule has 1 atom stereocenters. The number of nitrogens with one attached hydrogen (secondary N) is 1. The van der Waals surface area contributed by atoms with Gasteiger partial charge in [0.15, 0.2) is 5.78 Å². The van der Waals surface area contributed by atoms with E-state index in [2.05, 4.69) is 15.3 Å². The molecule has 218 valence electrons. The monoisotopic (exact) mass is 575 g/mol. The number of ether oxygens (including phenoxy) is 2. The number of halogens is 4. The van der Waals surface area contributed by atoms with Gasteiger partial charge in [-0.1, -0.05) is 12.1 Å². The number of ketones is 1. The number of alkyl halides is 4. The van der Waals surface area contributed by atoms with E-state index < -0.39 is 29.7 Å². The Morgan fingerprint density at radius 1 is 1.17 bits per heavy atom. The number of piperidine rings is 1. The summed E-state index contributed by atoms with van der Waals surface area (Å²) in [6, 6.07) is 8.98. The molecule has 0 saturated carbocycles. The Morgan fingerprint density at radius 2 is 1.95 bits per heavy atom. The number of hydrogen-bond donors (Lipinski definition) is 2. The van der Waals surface area contributed by atoms with Crippen LogP contribution in [0.15, 0.2) is 42.6 Å². The number of carbonyl (C=O) groups excluding carboxylic acids is 2. The zero-order valence-corrected chi connectivity index (χ0v) is 22.4. The molecule has 2 aromatic carbocycles. The van der Waals surface area contributed by atoms with E-state index in [0.717, 1.165) is 19.4 Å². The lowest BCUT2D eigenvalue weighted by Crippen LogP contribution is -2.32. The number of likely N-dealkylation sites (tertiary alicyclic amines) is 1. The standard InChI is InChI=1S/C22H17F3N4O4.C6H12FN/c1-32-17-9-12(19(26)31)5-7-14(17)28-21-27-10-13(22(23,24)25)20(29-21)33-16-4-2-3-11-6-8-15(30)18(11)16;1-8-4-2-3-6(7)5-8/h2-5,7,9-10H,6,8H2,1H3,(H2,26,31)(H,27,28,29);6H,2-5H2,1H3. The molecule has 1 saturated heterocycles. The Bertz CT molecular complexity index is 1430. The first kappa shape index (κ1) is 29.7. The van der Waals surface area contributed by atoms with E-state index in [1.165, 1.54) is 31.4 Å². The summed E-state index contributed by atoms with van der Waals surface area (Å²) in [6.07, 6.45) is -2.22. The molecule has 2 aliphatic rings. The summed E-state index contributed by atoms with van der Waals surface area (Å²) in [6.45, 7) is 1.71. The van der Waals surface area contributed by atoms with Crippen LogP contribution in [0.25, 0.3) is 0 Å². The topological polar surface area (TPSA) is 120 Å². The van der Waals surface area contributed by atoms with Crippen molar-refractivity contribution in [3.63, 3.8) is 0 Å². The van der Waals surface area contributed by atoms with Crippen LogP contribution in [-0.4, -0.2) is 60.0 Å². The third-order valence-electron chi connectivity index (χ3n) is 6.58. The van der Waals surface area contributed by atoms with Gasteiger partial charge in [0.1, 0.15) is 23.2 Å². The minimum Gasteiger partial charge on any atom is -0.495 e. The lowest BCUT2D eigenvalue weighted by Gasteiger charge is -2.24. The first-order valence-corrected chi connectivity index (χ1v) is 12.8. The second kappa shape index (κ2) is 12.5. The van der Waals surface area contributed by atoms with Gasteiger partial charge in [0.05, 0.1) is 18.4 Å². The smallest absolute Gasteiger partial charge is 0.423 e. The number of rotatable bonds is 6. The number of benzene rings is 2. The molecule has 0 radical (unpaired) electrons. The first-order chi connectivity index (χ1) is 19.5. The minimum atomic E-state index is -4.79. The average molecular weight is 576 g/mol. The fourth-order valence-corrected chi connectivity index (χ4v) is 4.53. The fourth-order valence-electron chi connectivity index (χ4n) is 4.53. The number of primary amides is 1. The molecule has 41 heavy (non-hydrogen) atoms. The second-order valence-corrected chi connectivity index (χ2v) is 9.63. The van der Waals surface area contributed by atoms with Crippen LogP contribution < -0.4 is 20.5 Å². The Hall–Kier alpha value is -4.26. The molecule has 2 heterocycles. The van der Waals surface area contributed by atoms with Gasteiger partial charge >= 0.3 is 6.18 Å². The number of nitrogens with two attached hydrogens (primary N) is 1. The molecule has 1 unspecified atom stereocenters. The summed E-state index contributed by atoms with van der Waals surface area (Å²) in [5.41, 5.74) is 5.47. The molecular weight excluding hydrogens is 546 g/mol. The Balaban J connectivity index is 0.000000417. The van der Waals surface area contributed by atoms with E-state index in [1.807, 2.05) is 11.9 Å². The normalized spacial score (nSPS) is 16.8. The molecule has 1 fully saturated rings. The molecule has 3 aromatic rings. The van der Waals surface area contributed by atoms with Gasteiger partial charge in [0.25, 0.3) is 0 Å². The number of methoxy groups -OCH3 is 1. The number of amides is 1. The Labute approximate surface area is 233 Å². The predicted molar refractivity (Wildman–Crippen MR) is 143 cm³/mol. The van der Waals surface area contributed by atoms with Gasteiger partial charge in [0, 0.05) is 24.7 Å². The van der Waals surface area contributed by atoms with E-state index >= 15 is 0 Å². The molecule has 1 aromatic heterocycles. The quantitative estimate of drug-likeness (QED) is 0.379. The van der Waals surface area contributed by atoms with Gasteiger partial charge in [-0.15, -0.1) is 0 Å². The van der Waals surface area contributed by atoms with Crippen LogP contribution in [0.5, 0.6) is 17.4 Å². The minimum absolute atomic E-state index is 0.00598. The number of carbonyl (C=O) groups is 2. The number of nitrogens with zero attached hydrogens (tertiary/aromatic N) is 3. The molecule has 0 bridgehead atoms. The van der Waals surface area contributed by atoms with Gasteiger partial charge < -0.3 is 25.4 Å². The van der Waals surface area contributed by atoms with Crippen molar-refractivity contribution in [1.29, 1.82) is 0 Å². The third-order valence-corrected chi connectivity index (χ3v) is 6.58. The summed E-state index contributed by atoms with van der Waals surface area (Å²) in [5.74, 6) is -1.67. The van der Waals surface area contributed by atoms with Crippen molar-refractivity contribution in [2.24, 2.45) is 5.73 Å². The molecule has 9 nitrogen and oxygen atoms in total. The number of fused-ring (bicyclic) bond motifs is 1. The van der Waals surface area contributed by atoms with Crippen molar-refractivity contribution in [3.05, 3.63) is 64.8 Å². The molecule has 1 aliphatic carbocycles. The summed E-state index contributed by atoms with van der Waals surface area (Å²) < 4.78 is 63.9. The zero-order valence-electron chi connectivity index (χ0n) is 22.4. The Kier molecular flexibility index (Phi) is 9.06. The van der Waals surface area contributed by atoms with Crippen LogP contribution in [0.4, 0.5) is 29.2 Å². The average Bonchev–Trinajstić information content (AvgIpc) is 3.30. The molecule has 1 aliphatic heterocycles. The van der Waals surface area contributed by atoms with E-state index in [4.69, 9.17) is 15.2 Å². The van der Waals surface area contributed by atoms with Crippen LogP contribution in [0.2, 0.25) is 0 Å². The molecular formula is C28H29F4N5O4. The van der Waals surface area contributed by atoms with Crippen molar-refractivity contribution in [1.82, 2.24) is 14.9 Å². The van der Waals surface area contributed by atoms with Gasteiger partial charge in [-0.2, -0.15) is 18.2 Å². The number of anilines is 2. The highest BCUT2D eigenvalue weighted by molar-refractivity contribution is 6.03. The molecule has 5 rings (SSSR count). The van der Waals surface area contributed by atoms with E-state index in [1.54, 1.807) is 12.1 Å². The maximum Gasteiger partial charge on any atom is 0.423 e. The van der Waals surface area contributed by atoms with Crippen LogP contribution >= 0.6 is 0 Å². The Morgan fingerprint density at radius 3 is 2.59 bits per heavy atom.